The number of likely N-dealkylation sites (N-methyl/N-ethyl adjacent to an activating group) is 1. The Labute approximate surface area is 149 Å². The minimum atomic E-state index is -0.308. The van der Waals surface area contributed by atoms with Gasteiger partial charge in [-0.05, 0) is 57.0 Å². The molecule has 5 heteroatoms. The van der Waals surface area contributed by atoms with Gasteiger partial charge in [0.1, 0.15) is 23.2 Å². The average Bonchev–Trinajstić information content (AvgIpc) is 3.10. The summed E-state index contributed by atoms with van der Waals surface area (Å²) in [6.07, 6.45) is 2.72. The van der Waals surface area contributed by atoms with E-state index < -0.39 is 0 Å². The van der Waals surface area contributed by atoms with Gasteiger partial charge in [0.25, 0.3) is 5.91 Å². The molecule has 25 heavy (non-hydrogen) atoms. The van der Waals surface area contributed by atoms with Crippen LogP contribution in [0.3, 0.4) is 0 Å². The van der Waals surface area contributed by atoms with Gasteiger partial charge in [-0.2, -0.15) is 5.26 Å². The molecule has 0 saturated carbocycles. The third-order valence-corrected chi connectivity index (χ3v) is 4.25. The topological polar surface area (TPSA) is 62.2 Å². The van der Waals surface area contributed by atoms with Crippen molar-refractivity contribution in [1.82, 2.24) is 9.47 Å². The van der Waals surface area contributed by atoms with Gasteiger partial charge >= 0.3 is 0 Å². The lowest BCUT2D eigenvalue weighted by Gasteiger charge is -2.15. The lowest BCUT2D eigenvalue weighted by Crippen LogP contribution is -2.27. The first kappa shape index (κ1) is 18.6. The van der Waals surface area contributed by atoms with Gasteiger partial charge in [-0.3, -0.25) is 4.79 Å². The highest BCUT2D eigenvalue weighted by molar-refractivity contribution is 6.01. The van der Waals surface area contributed by atoms with E-state index in [2.05, 4.69) is 11.5 Å². The van der Waals surface area contributed by atoms with Crippen molar-refractivity contribution in [3.8, 4) is 6.07 Å². The lowest BCUT2D eigenvalue weighted by molar-refractivity contribution is -0.126. The predicted octanol–water partition coefficient (Wildman–Crippen LogP) is 3.98. The monoisotopic (exact) mass is 339 g/mol. The minimum Gasteiger partial charge on any atom is -0.464 e. The van der Waals surface area contributed by atoms with Gasteiger partial charge in [0.15, 0.2) is 0 Å². The first-order valence-corrected chi connectivity index (χ1v) is 8.46. The summed E-state index contributed by atoms with van der Waals surface area (Å²) >= 11 is 0. The van der Waals surface area contributed by atoms with Crippen molar-refractivity contribution in [2.45, 2.75) is 47.2 Å². The van der Waals surface area contributed by atoms with E-state index in [1.165, 1.54) is 4.90 Å². The van der Waals surface area contributed by atoms with E-state index in [0.29, 0.717) is 12.3 Å². The van der Waals surface area contributed by atoms with Gasteiger partial charge in [-0.15, -0.1) is 0 Å². The molecule has 0 N–H and O–H groups in total. The van der Waals surface area contributed by atoms with E-state index in [9.17, 15) is 10.1 Å². The van der Waals surface area contributed by atoms with Crippen LogP contribution in [0.25, 0.3) is 6.08 Å². The maximum absolute atomic E-state index is 12.6. The number of hydrogen-bond acceptors (Lipinski definition) is 3. The zero-order chi connectivity index (χ0) is 18.6. The highest BCUT2D eigenvalue weighted by Gasteiger charge is 2.17. The van der Waals surface area contributed by atoms with Crippen LogP contribution in [0.1, 0.15) is 41.8 Å². The van der Waals surface area contributed by atoms with Gasteiger partial charge in [0.05, 0.1) is 6.54 Å². The molecule has 0 aliphatic heterocycles. The molecular weight excluding hydrogens is 314 g/mol. The molecule has 0 bridgehead atoms. The number of rotatable bonds is 6. The second kappa shape index (κ2) is 7.89. The number of carbonyl (C=O) groups is 1. The van der Waals surface area contributed by atoms with Gasteiger partial charge < -0.3 is 13.9 Å². The smallest absolute Gasteiger partial charge is 0.264 e. The molecule has 132 valence electrons. The second-order valence-corrected chi connectivity index (χ2v) is 6.32. The second-order valence-electron chi connectivity index (χ2n) is 6.32. The number of amides is 1. The van der Waals surface area contributed by atoms with Crippen molar-refractivity contribution in [1.29, 1.82) is 5.26 Å². The largest absolute Gasteiger partial charge is 0.464 e. The number of nitrogens with zero attached hydrogens (tertiary/aromatic N) is 3. The summed E-state index contributed by atoms with van der Waals surface area (Å²) in [5.41, 5.74) is 3.25. The van der Waals surface area contributed by atoms with Gasteiger partial charge in [-0.25, -0.2) is 0 Å². The lowest BCUT2D eigenvalue weighted by atomic mass is 10.1. The molecule has 0 aromatic carbocycles. The van der Waals surface area contributed by atoms with Crippen molar-refractivity contribution < 1.29 is 9.21 Å². The van der Waals surface area contributed by atoms with Crippen LogP contribution < -0.4 is 0 Å². The Bertz CT molecular complexity index is 834. The van der Waals surface area contributed by atoms with E-state index in [1.54, 1.807) is 13.1 Å². The molecule has 0 unspecified atom stereocenters. The molecule has 0 saturated heterocycles. The number of hydrogen-bond donors (Lipinski definition) is 0. The quantitative estimate of drug-likeness (QED) is 0.591. The van der Waals surface area contributed by atoms with E-state index >= 15 is 0 Å². The zero-order valence-corrected chi connectivity index (χ0v) is 15.6. The van der Waals surface area contributed by atoms with Crippen LogP contribution >= 0.6 is 0 Å². The fourth-order valence-electron chi connectivity index (χ4n) is 2.92. The Morgan fingerprint density at radius 1 is 1.36 bits per heavy atom. The third-order valence-electron chi connectivity index (χ3n) is 4.25. The number of furan rings is 1. The van der Waals surface area contributed by atoms with Crippen LogP contribution in [0, 0.1) is 32.1 Å². The van der Waals surface area contributed by atoms with Crippen molar-refractivity contribution in [3.63, 3.8) is 0 Å². The number of nitriles is 1. The molecular formula is C20H25N3O2. The van der Waals surface area contributed by atoms with E-state index in [4.69, 9.17) is 4.42 Å². The summed E-state index contributed by atoms with van der Waals surface area (Å²) in [5, 5.41) is 9.45. The molecule has 0 fully saturated rings. The Balaban J connectivity index is 2.23. The third kappa shape index (κ3) is 4.21. The van der Waals surface area contributed by atoms with Crippen LogP contribution in [0.15, 0.2) is 28.2 Å². The van der Waals surface area contributed by atoms with Crippen LogP contribution in [0.4, 0.5) is 0 Å². The molecule has 2 aromatic heterocycles. The molecule has 2 aromatic rings. The van der Waals surface area contributed by atoms with Gasteiger partial charge in [0, 0.05) is 25.0 Å². The first-order valence-electron chi connectivity index (χ1n) is 8.46. The summed E-state index contributed by atoms with van der Waals surface area (Å²) < 4.78 is 7.71. The maximum atomic E-state index is 12.6. The Kier molecular flexibility index (Phi) is 5.87. The standard InChI is InChI=1S/C20H25N3O2/c1-6-9-23-14(2)10-17(16(23)4)11-18(12-21)20(24)22(5)13-19-8-7-15(3)25-19/h7-8,10-11H,6,9,13H2,1-5H3/b18-11-. The predicted molar refractivity (Wildman–Crippen MR) is 97.7 cm³/mol. The summed E-state index contributed by atoms with van der Waals surface area (Å²) in [6.45, 7) is 9.31. The molecule has 0 spiro atoms. The number of aryl methyl sites for hydroxylation is 2. The molecule has 0 radical (unpaired) electrons. The van der Waals surface area contributed by atoms with Crippen LogP contribution in [-0.2, 0) is 17.9 Å². The average molecular weight is 339 g/mol. The summed E-state index contributed by atoms with van der Waals surface area (Å²) in [7, 11) is 1.67. The van der Waals surface area contributed by atoms with E-state index in [1.807, 2.05) is 45.0 Å². The van der Waals surface area contributed by atoms with E-state index in [-0.39, 0.29) is 11.5 Å². The highest BCUT2D eigenvalue weighted by Crippen LogP contribution is 2.20. The molecule has 0 aliphatic rings. The first-order chi connectivity index (χ1) is 11.9. The molecule has 1 amide bonds. The fraction of sp³-hybridized carbons (Fsp3) is 0.400. The van der Waals surface area contributed by atoms with Crippen molar-refractivity contribution in [3.05, 3.63) is 52.2 Å². The Hall–Kier alpha value is -2.74. The molecule has 0 atom stereocenters. The SMILES string of the molecule is CCCn1c(C)cc(/C=C(/C#N)C(=O)N(C)Cc2ccc(C)o2)c1C. The van der Waals surface area contributed by atoms with Crippen molar-refractivity contribution in [2.75, 3.05) is 7.05 Å². The van der Waals surface area contributed by atoms with Gasteiger partial charge in [-0.1, -0.05) is 6.92 Å². The van der Waals surface area contributed by atoms with Crippen LogP contribution in [-0.4, -0.2) is 22.4 Å². The number of carbonyl (C=O) groups excluding carboxylic acids is 1. The summed E-state index contributed by atoms with van der Waals surface area (Å²) in [5.74, 6) is 1.19. The molecule has 0 aliphatic carbocycles. The molecule has 2 rings (SSSR count). The maximum Gasteiger partial charge on any atom is 0.264 e. The zero-order valence-electron chi connectivity index (χ0n) is 15.6. The highest BCUT2D eigenvalue weighted by atomic mass is 16.3. The van der Waals surface area contributed by atoms with Crippen LogP contribution in [0.2, 0.25) is 0 Å². The van der Waals surface area contributed by atoms with Crippen molar-refractivity contribution >= 4 is 12.0 Å². The summed E-state index contributed by atoms with van der Waals surface area (Å²) in [6, 6.07) is 7.76. The van der Waals surface area contributed by atoms with Gasteiger partial charge in [0.2, 0.25) is 0 Å². The van der Waals surface area contributed by atoms with E-state index in [0.717, 1.165) is 35.7 Å². The normalized spacial score (nSPS) is 11.4. The fourth-order valence-corrected chi connectivity index (χ4v) is 2.92. The van der Waals surface area contributed by atoms with Crippen molar-refractivity contribution in [2.24, 2.45) is 0 Å². The number of aromatic nitrogens is 1. The minimum absolute atomic E-state index is 0.127. The summed E-state index contributed by atoms with van der Waals surface area (Å²) in [4.78, 5) is 14.1. The molecule has 2 heterocycles. The Morgan fingerprint density at radius 3 is 2.64 bits per heavy atom. The van der Waals surface area contributed by atoms with Crippen LogP contribution in [0.5, 0.6) is 0 Å². The Morgan fingerprint density at radius 2 is 2.08 bits per heavy atom. The molecule has 5 nitrogen and oxygen atoms in total.